The van der Waals surface area contributed by atoms with Crippen LogP contribution in [-0.2, 0) is 33.6 Å². The zero-order chi connectivity index (χ0) is 32.0. The van der Waals surface area contributed by atoms with E-state index in [-0.39, 0.29) is 56.9 Å². The molecule has 0 spiro atoms. The number of guanidine groups is 1. The third-order valence-electron chi connectivity index (χ3n) is 6.27. The molecule has 0 aromatic rings. The topological polar surface area (TPSA) is 322 Å². The number of aliphatic carboxylic acids is 1. The molecular weight excluding hydrogens is 576 g/mol. The van der Waals surface area contributed by atoms with E-state index in [0.717, 1.165) is 0 Å². The van der Waals surface area contributed by atoms with Crippen LogP contribution in [0.15, 0.2) is 4.99 Å². The third kappa shape index (κ3) is 12.2. The maximum atomic E-state index is 13.3. The number of carboxylic acids is 1. The molecule has 6 amide bonds. The summed E-state index contributed by atoms with van der Waals surface area (Å²) in [5, 5.41) is 16.6. The van der Waals surface area contributed by atoms with Crippen LogP contribution in [0.2, 0.25) is 0 Å². The van der Waals surface area contributed by atoms with Crippen LogP contribution >= 0.6 is 12.6 Å². The van der Waals surface area contributed by atoms with Crippen molar-refractivity contribution in [1.29, 1.82) is 0 Å². The number of hydrogen-bond acceptors (Lipinski definition) is 10. The van der Waals surface area contributed by atoms with E-state index >= 15 is 0 Å². The second kappa shape index (κ2) is 17.6. The lowest BCUT2D eigenvalue weighted by atomic mass is 10.1. The summed E-state index contributed by atoms with van der Waals surface area (Å²) >= 11 is 4.12. The van der Waals surface area contributed by atoms with Crippen molar-refractivity contribution in [3.05, 3.63) is 0 Å². The van der Waals surface area contributed by atoms with Gasteiger partial charge in [-0.15, -0.1) is 0 Å². The summed E-state index contributed by atoms with van der Waals surface area (Å²) in [5.74, 6) is -6.43. The van der Waals surface area contributed by atoms with Gasteiger partial charge in [0.2, 0.25) is 35.4 Å². The Morgan fingerprint density at radius 3 is 2.10 bits per heavy atom. The Bertz CT molecular complexity index is 1050. The SMILES string of the molecule is NC(=O)CC[C@H](N)C(=O)N[C@@H](CC(N)=O)C(=O)N[C@@H](CS)C(=O)N1CCC[C@H]1C(=O)N[C@@H](CCCN=C(N)N)C(=O)O. The Hall–Kier alpha value is -4.13. The fourth-order valence-electron chi connectivity index (χ4n) is 4.11. The number of carbonyl (C=O) groups excluding carboxylic acids is 6. The van der Waals surface area contributed by atoms with Crippen LogP contribution in [0.25, 0.3) is 0 Å². The van der Waals surface area contributed by atoms with Crippen LogP contribution in [0.1, 0.15) is 44.9 Å². The quantitative estimate of drug-likeness (QED) is 0.0300. The molecule has 1 saturated heterocycles. The van der Waals surface area contributed by atoms with Crippen molar-refractivity contribution in [2.45, 2.75) is 75.2 Å². The van der Waals surface area contributed by atoms with Gasteiger partial charge in [-0.2, -0.15) is 12.6 Å². The Balaban J connectivity index is 2.92. The maximum absolute atomic E-state index is 13.3. The molecule has 0 bridgehead atoms. The number of thiol groups is 1. The number of nitrogens with two attached hydrogens (primary N) is 5. The molecule has 1 heterocycles. The monoisotopic (exact) mass is 616 g/mol. The molecule has 5 atom stereocenters. The van der Waals surface area contributed by atoms with Crippen LogP contribution in [-0.4, -0.2) is 106 Å². The number of amides is 6. The molecule has 0 unspecified atom stereocenters. The first-order chi connectivity index (χ1) is 19.7. The molecule has 14 N–H and O–H groups in total. The minimum absolute atomic E-state index is 0.0347. The smallest absolute Gasteiger partial charge is 0.326 e. The number of rotatable bonds is 18. The van der Waals surface area contributed by atoms with Crippen LogP contribution in [0.3, 0.4) is 0 Å². The van der Waals surface area contributed by atoms with Crippen molar-refractivity contribution >= 4 is 60.0 Å². The second-order valence-electron chi connectivity index (χ2n) is 9.62. The van der Waals surface area contributed by atoms with E-state index in [1.165, 1.54) is 4.90 Å². The molecular formula is C23H40N10O8S. The number of likely N-dealkylation sites (tertiary alicyclic amines) is 1. The lowest BCUT2D eigenvalue weighted by Crippen LogP contribution is -2.59. The summed E-state index contributed by atoms with van der Waals surface area (Å²) in [7, 11) is 0. The van der Waals surface area contributed by atoms with E-state index in [4.69, 9.17) is 28.7 Å². The molecule has 0 saturated carbocycles. The molecule has 0 aromatic carbocycles. The number of carbonyl (C=O) groups is 7. The molecule has 19 heteroatoms. The minimum Gasteiger partial charge on any atom is -0.480 e. The lowest BCUT2D eigenvalue weighted by molar-refractivity contribution is -0.144. The van der Waals surface area contributed by atoms with Gasteiger partial charge in [0.1, 0.15) is 24.2 Å². The Labute approximate surface area is 247 Å². The summed E-state index contributed by atoms with van der Waals surface area (Å²) in [6.45, 7) is 0.311. The van der Waals surface area contributed by atoms with Crippen LogP contribution in [0.4, 0.5) is 0 Å². The highest BCUT2D eigenvalue weighted by Crippen LogP contribution is 2.19. The standard InChI is InChI=1S/C23H40N10O8S/c24-11(5-6-16(25)34)18(36)31-13(9-17(26)35)19(37)32-14(10-42)21(39)33-8-2-4-15(33)20(38)30-12(22(40)41)3-1-7-29-23(27)28/h11-15,42H,1-10,24H2,(H2,25,34)(H2,26,35)(H,30,38)(H,31,36)(H,32,37)(H,40,41)(H4,27,28,29)/t11-,12-,13-,14-,15-/m0/s1. The van der Waals surface area contributed by atoms with Crippen molar-refractivity contribution in [1.82, 2.24) is 20.9 Å². The van der Waals surface area contributed by atoms with Gasteiger partial charge in [-0.3, -0.25) is 33.8 Å². The largest absolute Gasteiger partial charge is 0.480 e. The fourth-order valence-corrected chi connectivity index (χ4v) is 4.36. The van der Waals surface area contributed by atoms with Crippen molar-refractivity contribution < 1.29 is 38.7 Å². The highest BCUT2D eigenvalue weighted by molar-refractivity contribution is 7.80. The molecule has 236 valence electrons. The number of aliphatic imine (C=N–C) groups is 1. The van der Waals surface area contributed by atoms with Gasteiger partial charge < -0.3 is 54.6 Å². The number of nitrogens with zero attached hydrogens (tertiary/aromatic N) is 2. The summed E-state index contributed by atoms with van der Waals surface area (Å²) in [4.78, 5) is 90.8. The predicted molar refractivity (Wildman–Crippen MR) is 152 cm³/mol. The van der Waals surface area contributed by atoms with E-state index in [9.17, 15) is 38.7 Å². The van der Waals surface area contributed by atoms with Gasteiger partial charge in [0.15, 0.2) is 5.96 Å². The summed E-state index contributed by atoms with van der Waals surface area (Å²) in [5.41, 5.74) is 26.5. The van der Waals surface area contributed by atoms with E-state index in [1.807, 2.05) is 0 Å². The van der Waals surface area contributed by atoms with Crippen molar-refractivity contribution in [3.8, 4) is 0 Å². The number of carboxylic acid groups (broad SMARTS) is 1. The Kier molecular flexibility index (Phi) is 15.1. The fraction of sp³-hybridized carbons (Fsp3) is 0.652. The second-order valence-corrected chi connectivity index (χ2v) is 9.99. The molecule has 1 aliphatic rings. The molecule has 1 aliphatic heterocycles. The Morgan fingerprint density at radius 2 is 1.55 bits per heavy atom. The van der Waals surface area contributed by atoms with E-state index in [1.54, 1.807) is 0 Å². The molecule has 42 heavy (non-hydrogen) atoms. The highest BCUT2D eigenvalue weighted by atomic mass is 32.1. The zero-order valence-electron chi connectivity index (χ0n) is 23.0. The van der Waals surface area contributed by atoms with Crippen LogP contribution in [0, 0.1) is 0 Å². The average Bonchev–Trinajstić information content (AvgIpc) is 3.40. The van der Waals surface area contributed by atoms with E-state index in [0.29, 0.717) is 6.42 Å². The first-order valence-electron chi connectivity index (χ1n) is 13.1. The van der Waals surface area contributed by atoms with Gasteiger partial charge in [0.25, 0.3) is 0 Å². The van der Waals surface area contributed by atoms with Gasteiger partial charge in [0, 0.05) is 25.3 Å². The molecule has 0 radical (unpaired) electrons. The van der Waals surface area contributed by atoms with Gasteiger partial charge in [-0.25, -0.2) is 4.79 Å². The first-order valence-corrected chi connectivity index (χ1v) is 13.7. The minimum atomic E-state index is -1.50. The summed E-state index contributed by atoms with van der Waals surface area (Å²) < 4.78 is 0. The van der Waals surface area contributed by atoms with E-state index < -0.39 is 78.0 Å². The summed E-state index contributed by atoms with van der Waals surface area (Å²) in [6, 6.07) is -6.26. The predicted octanol–water partition coefficient (Wildman–Crippen LogP) is -5.03. The van der Waals surface area contributed by atoms with Gasteiger partial charge in [-0.1, -0.05) is 0 Å². The zero-order valence-corrected chi connectivity index (χ0v) is 23.9. The van der Waals surface area contributed by atoms with E-state index in [2.05, 4.69) is 33.6 Å². The molecule has 1 rings (SSSR count). The normalized spacial score (nSPS) is 17.2. The maximum Gasteiger partial charge on any atom is 0.326 e. The molecule has 0 aromatic heterocycles. The first kappa shape index (κ1) is 35.9. The number of nitrogens with one attached hydrogen (secondary N) is 3. The lowest BCUT2D eigenvalue weighted by Gasteiger charge is -2.29. The van der Waals surface area contributed by atoms with Gasteiger partial charge in [-0.05, 0) is 32.1 Å². The summed E-state index contributed by atoms with van der Waals surface area (Å²) in [6.07, 6.45) is 0.0659. The number of hydrogen-bond donors (Lipinski definition) is 10. The molecule has 0 aliphatic carbocycles. The highest BCUT2D eigenvalue weighted by Gasteiger charge is 2.39. The van der Waals surface area contributed by atoms with Crippen LogP contribution in [0.5, 0.6) is 0 Å². The van der Waals surface area contributed by atoms with Gasteiger partial charge >= 0.3 is 5.97 Å². The van der Waals surface area contributed by atoms with Crippen molar-refractivity contribution in [2.75, 3.05) is 18.8 Å². The molecule has 1 fully saturated rings. The van der Waals surface area contributed by atoms with Crippen molar-refractivity contribution in [2.24, 2.45) is 33.7 Å². The van der Waals surface area contributed by atoms with Crippen molar-refractivity contribution in [3.63, 3.8) is 0 Å². The third-order valence-corrected chi connectivity index (χ3v) is 6.64. The van der Waals surface area contributed by atoms with Crippen LogP contribution < -0.4 is 44.6 Å². The Morgan fingerprint density at radius 1 is 0.905 bits per heavy atom. The van der Waals surface area contributed by atoms with Gasteiger partial charge in [0.05, 0.1) is 12.5 Å². The average molecular weight is 617 g/mol. The number of primary amides is 2. The molecule has 18 nitrogen and oxygen atoms in total.